The molecule has 0 aromatic heterocycles. The molecule has 0 spiro atoms. The number of carbonyl (C=O) groups excluding carboxylic acids is 3. The van der Waals surface area contributed by atoms with Crippen molar-refractivity contribution in [1.29, 1.82) is 0 Å². The van der Waals surface area contributed by atoms with Crippen molar-refractivity contribution in [1.82, 2.24) is 5.32 Å². The number of rotatable bonds is 10. The molecule has 0 aliphatic rings. The first-order valence-corrected chi connectivity index (χ1v) is 12.0. The van der Waals surface area contributed by atoms with E-state index in [0.717, 1.165) is 11.1 Å². The van der Waals surface area contributed by atoms with Gasteiger partial charge in [-0.15, -0.1) is 11.8 Å². The molecule has 0 saturated carbocycles. The van der Waals surface area contributed by atoms with Crippen molar-refractivity contribution in [2.75, 3.05) is 18.2 Å². The Morgan fingerprint density at radius 3 is 2.46 bits per heavy atom. The van der Waals surface area contributed by atoms with Crippen LogP contribution >= 0.6 is 11.8 Å². The zero-order valence-corrected chi connectivity index (χ0v) is 20.7. The summed E-state index contributed by atoms with van der Waals surface area (Å²) < 4.78 is 10.6. The number of benzene rings is 3. The number of nitrogens with one attached hydrogen (secondary N) is 2. The summed E-state index contributed by atoms with van der Waals surface area (Å²) >= 11 is 1.21. The second-order valence-electron chi connectivity index (χ2n) is 7.82. The first-order valence-electron chi connectivity index (χ1n) is 11.1. The SMILES string of the molecule is COc1cccc(NC(=O)CSc2ccccc2C(=O)OC(C)C(=O)NCc2ccc(C)cc2)c1. The standard InChI is InChI=1S/C27H28N2O5S/c1-18-11-13-20(14-12-18)16-28-26(31)19(2)34-27(32)23-9-4-5-10-24(23)35-17-25(30)29-21-7-6-8-22(15-21)33-3/h4-15,19H,16-17H2,1-3H3,(H,28,31)(H,29,30). The molecule has 0 saturated heterocycles. The van der Waals surface area contributed by atoms with Crippen molar-refractivity contribution in [2.45, 2.75) is 31.4 Å². The van der Waals surface area contributed by atoms with Crippen molar-refractivity contribution in [3.05, 3.63) is 89.5 Å². The van der Waals surface area contributed by atoms with Crippen LogP contribution in [0.1, 0.15) is 28.4 Å². The molecule has 35 heavy (non-hydrogen) atoms. The van der Waals surface area contributed by atoms with E-state index in [-0.39, 0.29) is 17.6 Å². The lowest BCUT2D eigenvalue weighted by molar-refractivity contribution is -0.129. The van der Waals surface area contributed by atoms with Gasteiger partial charge in [0, 0.05) is 23.2 Å². The van der Waals surface area contributed by atoms with Crippen molar-refractivity contribution in [2.24, 2.45) is 0 Å². The van der Waals surface area contributed by atoms with Gasteiger partial charge in [-0.3, -0.25) is 9.59 Å². The summed E-state index contributed by atoms with van der Waals surface area (Å²) in [5, 5.41) is 5.58. The van der Waals surface area contributed by atoms with Crippen LogP contribution in [0.2, 0.25) is 0 Å². The summed E-state index contributed by atoms with van der Waals surface area (Å²) in [6.45, 7) is 3.86. The summed E-state index contributed by atoms with van der Waals surface area (Å²) in [4.78, 5) is 38.2. The number of ether oxygens (including phenoxy) is 2. The zero-order valence-electron chi connectivity index (χ0n) is 19.9. The van der Waals surface area contributed by atoms with Gasteiger partial charge in [-0.2, -0.15) is 0 Å². The van der Waals surface area contributed by atoms with Crippen LogP contribution in [0, 0.1) is 6.92 Å². The molecule has 7 nitrogen and oxygen atoms in total. The van der Waals surface area contributed by atoms with Gasteiger partial charge in [0.2, 0.25) is 5.91 Å². The number of thioether (sulfide) groups is 1. The molecule has 0 heterocycles. The molecule has 1 atom stereocenters. The van der Waals surface area contributed by atoms with E-state index in [1.54, 1.807) is 55.6 Å². The smallest absolute Gasteiger partial charge is 0.340 e. The fraction of sp³-hybridized carbons (Fsp3) is 0.222. The Morgan fingerprint density at radius 1 is 0.971 bits per heavy atom. The van der Waals surface area contributed by atoms with E-state index in [9.17, 15) is 14.4 Å². The third-order valence-electron chi connectivity index (χ3n) is 5.06. The monoisotopic (exact) mass is 492 g/mol. The van der Waals surface area contributed by atoms with Crippen LogP contribution in [0.5, 0.6) is 5.75 Å². The lowest BCUT2D eigenvalue weighted by atomic mass is 10.1. The van der Waals surface area contributed by atoms with Gasteiger partial charge in [0.25, 0.3) is 5.91 Å². The molecule has 3 aromatic carbocycles. The largest absolute Gasteiger partial charge is 0.497 e. The molecule has 182 valence electrons. The highest BCUT2D eigenvalue weighted by Gasteiger charge is 2.21. The lowest BCUT2D eigenvalue weighted by Gasteiger charge is -2.15. The predicted molar refractivity (Wildman–Crippen MR) is 137 cm³/mol. The number of hydrogen-bond donors (Lipinski definition) is 2. The number of hydrogen-bond acceptors (Lipinski definition) is 6. The van der Waals surface area contributed by atoms with Crippen molar-refractivity contribution in [3.63, 3.8) is 0 Å². The van der Waals surface area contributed by atoms with Crippen LogP contribution < -0.4 is 15.4 Å². The second kappa shape index (κ2) is 12.6. The van der Waals surface area contributed by atoms with Gasteiger partial charge in [-0.25, -0.2) is 4.79 Å². The molecular weight excluding hydrogens is 464 g/mol. The van der Waals surface area contributed by atoms with Gasteiger partial charge in [0.05, 0.1) is 18.4 Å². The van der Waals surface area contributed by atoms with E-state index < -0.39 is 12.1 Å². The highest BCUT2D eigenvalue weighted by atomic mass is 32.2. The Labute approximate surface area is 209 Å². The number of esters is 1. The molecule has 0 bridgehead atoms. The summed E-state index contributed by atoms with van der Waals surface area (Å²) in [5.74, 6) is -0.509. The van der Waals surface area contributed by atoms with Crippen LogP contribution in [0.25, 0.3) is 0 Å². The van der Waals surface area contributed by atoms with Crippen LogP contribution in [0.15, 0.2) is 77.7 Å². The van der Waals surface area contributed by atoms with Crippen LogP contribution in [-0.4, -0.2) is 36.8 Å². The maximum absolute atomic E-state index is 12.8. The van der Waals surface area contributed by atoms with Crippen molar-refractivity contribution >= 4 is 35.2 Å². The second-order valence-corrected chi connectivity index (χ2v) is 8.83. The van der Waals surface area contributed by atoms with E-state index in [2.05, 4.69) is 10.6 Å². The fourth-order valence-corrected chi connectivity index (χ4v) is 3.96. The van der Waals surface area contributed by atoms with E-state index in [4.69, 9.17) is 9.47 Å². The van der Waals surface area contributed by atoms with Gasteiger partial charge in [-0.05, 0) is 43.7 Å². The first kappa shape index (κ1) is 25.8. The molecule has 2 N–H and O–H groups in total. The highest BCUT2D eigenvalue weighted by Crippen LogP contribution is 2.24. The molecule has 0 aliphatic carbocycles. The maximum atomic E-state index is 12.8. The number of amides is 2. The Balaban J connectivity index is 1.53. The van der Waals surface area contributed by atoms with E-state index >= 15 is 0 Å². The fourth-order valence-electron chi connectivity index (χ4n) is 3.12. The Morgan fingerprint density at radius 2 is 1.71 bits per heavy atom. The van der Waals surface area contributed by atoms with Crippen LogP contribution in [-0.2, 0) is 20.9 Å². The van der Waals surface area contributed by atoms with E-state index in [0.29, 0.717) is 28.4 Å². The minimum absolute atomic E-state index is 0.0914. The summed E-state index contributed by atoms with van der Waals surface area (Å²) in [6.07, 6.45) is -0.970. The quantitative estimate of drug-likeness (QED) is 0.317. The van der Waals surface area contributed by atoms with Gasteiger partial charge in [0.1, 0.15) is 5.75 Å². The number of aryl methyl sites for hydroxylation is 1. The minimum atomic E-state index is -0.970. The molecule has 0 aliphatic heterocycles. The average molecular weight is 493 g/mol. The Kier molecular flexibility index (Phi) is 9.31. The Hall–Kier alpha value is -3.78. The van der Waals surface area contributed by atoms with Gasteiger partial charge < -0.3 is 20.1 Å². The molecule has 2 amide bonds. The summed E-state index contributed by atoms with van der Waals surface area (Å²) in [6, 6.07) is 21.7. The molecule has 3 rings (SSSR count). The Bertz CT molecular complexity index is 1180. The van der Waals surface area contributed by atoms with Gasteiger partial charge >= 0.3 is 5.97 Å². The molecular formula is C27H28N2O5S. The maximum Gasteiger partial charge on any atom is 0.340 e. The van der Waals surface area contributed by atoms with Crippen LogP contribution in [0.3, 0.4) is 0 Å². The number of anilines is 1. The topological polar surface area (TPSA) is 93.7 Å². The normalized spacial score (nSPS) is 11.3. The van der Waals surface area contributed by atoms with Crippen LogP contribution in [0.4, 0.5) is 5.69 Å². The van der Waals surface area contributed by atoms with Gasteiger partial charge in [0.15, 0.2) is 6.10 Å². The molecule has 0 radical (unpaired) electrons. The van der Waals surface area contributed by atoms with Crippen molar-refractivity contribution in [3.8, 4) is 5.75 Å². The summed E-state index contributed by atoms with van der Waals surface area (Å²) in [5.41, 5.74) is 3.01. The predicted octanol–water partition coefficient (Wildman–Crippen LogP) is 4.60. The number of carbonyl (C=O) groups is 3. The minimum Gasteiger partial charge on any atom is -0.497 e. The molecule has 1 unspecified atom stereocenters. The first-order chi connectivity index (χ1) is 16.9. The highest BCUT2D eigenvalue weighted by molar-refractivity contribution is 8.00. The lowest BCUT2D eigenvalue weighted by Crippen LogP contribution is -2.35. The van der Waals surface area contributed by atoms with Gasteiger partial charge in [-0.1, -0.05) is 48.0 Å². The third kappa shape index (κ3) is 7.89. The molecule has 3 aromatic rings. The zero-order chi connectivity index (χ0) is 25.2. The summed E-state index contributed by atoms with van der Waals surface area (Å²) in [7, 11) is 1.56. The number of methoxy groups -OCH3 is 1. The van der Waals surface area contributed by atoms with Crippen molar-refractivity contribution < 1.29 is 23.9 Å². The van der Waals surface area contributed by atoms with E-state index in [1.807, 2.05) is 31.2 Å². The third-order valence-corrected chi connectivity index (χ3v) is 6.13. The molecule has 0 fully saturated rings. The average Bonchev–Trinajstić information content (AvgIpc) is 2.87. The molecule has 8 heteroatoms. The van der Waals surface area contributed by atoms with E-state index in [1.165, 1.54) is 18.7 Å².